The first kappa shape index (κ1) is 16.5. The molecule has 0 bridgehead atoms. The Morgan fingerprint density at radius 2 is 2.10 bits per heavy atom. The minimum atomic E-state index is -0.409. The number of rotatable bonds is 7. The predicted molar refractivity (Wildman–Crippen MR) is 81.7 cm³/mol. The molecule has 4 nitrogen and oxygen atoms in total. The van der Waals surface area contributed by atoms with Gasteiger partial charge in [0.2, 0.25) is 5.91 Å². The first-order valence-corrected chi connectivity index (χ1v) is 7.25. The summed E-state index contributed by atoms with van der Waals surface area (Å²) in [6.07, 6.45) is 1.64. The van der Waals surface area contributed by atoms with E-state index in [1.165, 1.54) is 0 Å². The highest BCUT2D eigenvalue weighted by Crippen LogP contribution is 2.24. The van der Waals surface area contributed by atoms with Gasteiger partial charge in [0, 0.05) is 6.54 Å². The van der Waals surface area contributed by atoms with E-state index in [2.05, 4.69) is 0 Å². The van der Waals surface area contributed by atoms with Crippen LogP contribution in [-0.2, 0) is 4.79 Å². The van der Waals surface area contributed by atoms with Gasteiger partial charge in [-0.25, -0.2) is 0 Å². The Balaban J connectivity index is 2.90. The van der Waals surface area contributed by atoms with Gasteiger partial charge in [0.1, 0.15) is 5.75 Å². The molecule has 1 rings (SSSR count). The lowest BCUT2D eigenvalue weighted by Gasteiger charge is -2.31. The zero-order chi connectivity index (χ0) is 15.1. The van der Waals surface area contributed by atoms with Crippen LogP contribution in [0.5, 0.6) is 5.75 Å². The number of nitrogens with two attached hydrogens (primary N) is 1. The van der Waals surface area contributed by atoms with Crippen LogP contribution in [-0.4, -0.2) is 30.5 Å². The fraction of sp³-hybridized carbons (Fsp3) is 0.562. The van der Waals surface area contributed by atoms with E-state index in [9.17, 15) is 4.79 Å². The van der Waals surface area contributed by atoms with Crippen molar-refractivity contribution < 1.29 is 9.53 Å². The summed E-state index contributed by atoms with van der Waals surface area (Å²) in [7, 11) is 1.64. The Kier molecular flexibility index (Phi) is 6.52. The third-order valence-electron chi connectivity index (χ3n) is 3.58. The van der Waals surface area contributed by atoms with Gasteiger partial charge in [0.25, 0.3) is 0 Å². The molecule has 20 heavy (non-hydrogen) atoms. The van der Waals surface area contributed by atoms with Crippen LogP contribution in [0.2, 0.25) is 0 Å². The topological polar surface area (TPSA) is 55.6 Å². The molecule has 1 amide bonds. The highest BCUT2D eigenvalue weighted by atomic mass is 16.5. The van der Waals surface area contributed by atoms with Crippen LogP contribution in [0.3, 0.4) is 0 Å². The summed E-state index contributed by atoms with van der Waals surface area (Å²) < 4.78 is 5.24. The van der Waals surface area contributed by atoms with E-state index in [1.807, 2.05) is 49.9 Å². The van der Waals surface area contributed by atoms with E-state index >= 15 is 0 Å². The van der Waals surface area contributed by atoms with Gasteiger partial charge in [0.15, 0.2) is 0 Å². The van der Waals surface area contributed by atoms with Crippen molar-refractivity contribution in [1.82, 2.24) is 4.90 Å². The standard InChI is InChI=1S/C16H26N2O2/c1-5-8-15(17)16(19)18(6-2)12(3)13-9-7-10-14(11-13)20-4/h7,9-12,15H,5-6,8,17H2,1-4H3. The average molecular weight is 278 g/mol. The lowest BCUT2D eigenvalue weighted by Crippen LogP contribution is -2.44. The fourth-order valence-electron chi connectivity index (χ4n) is 2.35. The number of likely N-dealkylation sites (N-methyl/N-ethyl adjacent to an activating group) is 1. The van der Waals surface area contributed by atoms with Gasteiger partial charge in [-0.05, 0) is 38.0 Å². The number of hydrogen-bond acceptors (Lipinski definition) is 3. The Labute approximate surface area is 121 Å². The Bertz CT molecular complexity index is 434. The molecule has 4 heteroatoms. The van der Waals surface area contributed by atoms with Gasteiger partial charge >= 0.3 is 0 Å². The summed E-state index contributed by atoms with van der Waals surface area (Å²) in [6, 6.07) is 7.39. The van der Waals surface area contributed by atoms with E-state index < -0.39 is 6.04 Å². The minimum absolute atomic E-state index is 0.00879. The maximum atomic E-state index is 12.4. The third-order valence-corrected chi connectivity index (χ3v) is 3.58. The number of nitrogens with zero attached hydrogens (tertiary/aromatic N) is 1. The lowest BCUT2D eigenvalue weighted by molar-refractivity contribution is -0.134. The monoisotopic (exact) mass is 278 g/mol. The van der Waals surface area contributed by atoms with Gasteiger partial charge in [-0.2, -0.15) is 0 Å². The highest BCUT2D eigenvalue weighted by Gasteiger charge is 2.24. The van der Waals surface area contributed by atoms with Crippen LogP contribution < -0.4 is 10.5 Å². The molecule has 1 aromatic rings. The SMILES string of the molecule is CCCC(N)C(=O)N(CC)C(C)c1cccc(OC)c1. The number of hydrogen-bond donors (Lipinski definition) is 1. The molecule has 2 atom stereocenters. The number of carbonyl (C=O) groups excluding carboxylic acids is 1. The summed E-state index contributed by atoms with van der Waals surface area (Å²) in [4.78, 5) is 14.2. The van der Waals surface area contributed by atoms with E-state index in [4.69, 9.17) is 10.5 Å². The molecule has 0 heterocycles. The van der Waals surface area contributed by atoms with Crippen molar-refractivity contribution in [2.24, 2.45) is 5.73 Å². The maximum absolute atomic E-state index is 12.4. The lowest BCUT2D eigenvalue weighted by atomic mass is 10.0. The summed E-state index contributed by atoms with van der Waals surface area (Å²) in [5.41, 5.74) is 7.02. The first-order chi connectivity index (χ1) is 9.54. The number of benzene rings is 1. The first-order valence-electron chi connectivity index (χ1n) is 7.25. The van der Waals surface area contributed by atoms with Gasteiger partial charge in [0.05, 0.1) is 19.2 Å². The van der Waals surface area contributed by atoms with Crippen LogP contribution >= 0.6 is 0 Å². The van der Waals surface area contributed by atoms with Gasteiger partial charge in [-0.15, -0.1) is 0 Å². The van der Waals surface area contributed by atoms with Crippen LogP contribution in [0, 0.1) is 0 Å². The molecule has 0 aliphatic rings. The molecule has 0 aliphatic carbocycles. The molecule has 1 aromatic carbocycles. The van der Waals surface area contributed by atoms with Crippen molar-refractivity contribution in [3.63, 3.8) is 0 Å². The molecule has 0 spiro atoms. The molecule has 2 N–H and O–H groups in total. The number of carbonyl (C=O) groups is 1. The molecular formula is C16H26N2O2. The van der Waals surface area contributed by atoms with Crippen molar-refractivity contribution in [2.45, 2.75) is 45.7 Å². The van der Waals surface area contributed by atoms with Gasteiger partial charge in [-0.1, -0.05) is 25.5 Å². The second-order valence-corrected chi connectivity index (χ2v) is 4.97. The quantitative estimate of drug-likeness (QED) is 0.834. The second-order valence-electron chi connectivity index (χ2n) is 4.97. The molecule has 0 aliphatic heterocycles. The second kappa shape index (κ2) is 7.90. The van der Waals surface area contributed by atoms with Gasteiger partial charge < -0.3 is 15.4 Å². The molecule has 0 saturated carbocycles. The summed E-state index contributed by atoms with van der Waals surface area (Å²) >= 11 is 0. The van der Waals surface area contributed by atoms with E-state index in [0.29, 0.717) is 6.54 Å². The van der Waals surface area contributed by atoms with Crippen molar-refractivity contribution in [1.29, 1.82) is 0 Å². The highest BCUT2D eigenvalue weighted by molar-refractivity contribution is 5.82. The molecule has 0 aromatic heterocycles. The van der Waals surface area contributed by atoms with Crippen LogP contribution in [0.15, 0.2) is 24.3 Å². The van der Waals surface area contributed by atoms with Crippen LogP contribution in [0.4, 0.5) is 0 Å². The molecule has 2 unspecified atom stereocenters. The zero-order valence-corrected chi connectivity index (χ0v) is 12.9. The zero-order valence-electron chi connectivity index (χ0n) is 12.9. The van der Waals surface area contributed by atoms with Gasteiger partial charge in [-0.3, -0.25) is 4.79 Å². The molecule has 0 radical (unpaired) electrons. The van der Waals surface area contributed by atoms with E-state index in [1.54, 1.807) is 7.11 Å². The summed E-state index contributed by atoms with van der Waals surface area (Å²) in [5.74, 6) is 0.820. The van der Waals surface area contributed by atoms with Crippen LogP contribution in [0.25, 0.3) is 0 Å². The number of ether oxygens (including phenoxy) is 1. The Morgan fingerprint density at radius 1 is 1.40 bits per heavy atom. The van der Waals surface area contributed by atoms with Crippen molar-refractivity contribution >= 4 is 5.91 Å². The molecule has 112 valence electrons. The van der Waals surface area contributed by atoms with E-state index in [0.717, 1.165) is 24.2 Å². The maximum Gasteiger partial charge on any atom is 0.239 e. The predicted octanol–water partition coefficient (Wildman–Crippen LogP) is 2.73. The fourth-order valence-corrected chi connectivity index (χ4v) is 2.35. The Morgan fingerprint density at radius 3 is 2.65 bits per heavy atom. The number of amides is 1. The van der Waals surface area contributed by atoms with Crippen molar-refractivity contribution in [3.05, 3.63) is 29.8 Å². The van der Waals surface area contributed by atoms with Crippen LogP contribution in [0.1, 0.15) is 45.2 Å². The van der Waals surface area contributed by atoms with Crippen molar-refractivity contribution in [3.8, 4) is 5.75 Å². The summed E-state index contributed by atoms with van der Waals surface area (Å²) in [5, 5.41) is 0. The molecule has 0 saturated heterocycles. The smallest absolute Gasteiger partial charge is 0.239 e. The normalized spacial score (nSPS) is 13.7. The molecule has 0 fully saturated rings. The molecular weight excluding hydrogens is 252 g/mol. The average Bonchev–Trinajstić information content (AvgIpc) is 2.48. The number of methoxy groups -OCH3 is 1. The Hall–Kier alpha value is -1.55. The van der Waals surface area contributed by atoms with Crippen molar-refractivity contribution in [2.75, 3.05) is 13.7 Å². The largest absolute Gasteiger partial charge is 0.497 e. The summed E-state index contributed by atoms with van der Waals surface area (Å²) in [6.45, 7) is 6.69. The third kappa shape index (κ3) is 3.97. The van der Waals surface area contributed by atoms with E-state index in [-0.39, 0.29) is 11.9 Å². The minimum Gasteiger partial charge on any atom is -0.497 e.